The Kier molecular flexibility index (Phi) is 2.85. The van der Waals surface area contributed by atoms with Crippen LogP contribution in [0.15, 0.2) is 24.3 Å². The number of nitrogens with one attached hydrogen (secondary N) is 1. The zero-order valence-electron chi connectivity index (χ0n) is 11.2. The first-order valence-corrected chi connectivity index (χ1v) is 6.98. The lowest BCUT2D eigenvalue weighted by atomic mass is 9.69. The summed E-state index contributed by atoms with van der Waals surface area (Å²) in [6.45, 7) is 2.10. The number of fused-ring (bicyclic) bond motifs is 3. The number of carboxylic acids is 1. The van der Waals surface area contributed by atoms with E-state index in [9.17, 15) is 9.90 Å². The van der Waals surface area contributed by atoms with Gasteiger partial charge in [-0.2, -0.15) is 0 Å². The van der Waals surface area contributed by atoms with Crippen LogP contribution in [0.25, 0.3) is 10.9 Å². The predicted octanol–water partition coefficient (Wildman–Crippen LogP) is 3.63. The highest BCUT2D eigenvalue weighted by atomic mass is 16.4. The number of aryl methyl sites for hydroxylation is 1. The van der Waals surface area contributed by atoms with Gasteiger partial charge in [0.25, 0.3) is 0 Å². The zero-order chi connectivity index (χ0) is 13.5. The molecule has 3 rings (SSSR count). The van der Waals surface area contributed by atoms with Crippen LogP contribution in [0, 0.1) is 0 Å². The van der Waals surface area contributed by atoms with Gasteiger partial charge in [0.1, 0.15) is 0 Å². The number of aromatic amines is 1. The third-order valence-electron chi connectivity index (χ3n) is 4.59. The van der Waals surface area contributed by atoms with Crippen LogP contribution in [-0.4, -0.2) is 16.1 Å². The van der Waals surface area contributed by atoms with Gasteiger partial charge in [0.15, 0.2) is 0 Å². The second-order valence-electron chi connectivity index (χ2n) is 5.58. The molecule has 3 nitrogen and oxygen atoms in total. The van der Waals surface area contributed by atoms with Crippen LogP contribution in [-0.2, 0) is 16.6 Å². The van der Waals surface area contributed by atoms with Crippen LogP contribution in [0.4, 0.5) is 0 Å². The summed E-state index contributed by atoms with van der Waals surface area (Å²) in [6, 6.07) is 8.29. The quantitative estimate of drug-likeness (QED) is 0.882. The number of carbonyl (C=O) groups is 1. The molecule has 1 heterocycles. The lowest BCUT2D eigenvalue weighted by Gasteiger charge is -2.35. The summed E-state index contributed by atoms with van der Waals surface area (Å²) in [5, 5.41) is 10.5. The van der Waals surface area contributed by atoms with Crippen molar-refractivity contribution in [2.24, 2.45) is 0 Å². The molecule has 0 saturated heterocycles. The number of hydrogen-bond donors (Lipinski definition) is 2. The van der Waals surface area contributed by atoms with Crippen LogP contribution in [0.2, 0.25) is 0 Å². The highest BCUT2D eigenvalue weighted by Gasteiger charge is 2.39. The fourth-order valence-corrected chi connectivity index (χ4v) is 3.59. The number of aliphatic carboxylic acids is 1. The van der Waals surface area contributed by atoms with Crippen LogP contribution in [0.3, 0.4) is 0 Å². The first-order valence-electron chi connectivity index (χ1n) is 6.98. The van der Waals surface area contributed by atoms with Crippen molar-refractivity contribution < 1.29 is 9.90 Å². The highest BCUT2D eigenvalue weighted by molar-refractivity contribution is 5.85. The molecule has 1 aromatic carbocycles. The molecule has 2 N–H and O–H groups in total. The van der Waals surface area contributed by atoms with Crippen molar-refractivity contribution in [3.8, 4) is 0 Å². The summed E-state index contributed by atoms with van der Waals surface area (Å²) in [4.78, 5) is 14.7. The molecule has 1 aliphatic rings. The SMILES string of the molecule is CC[C@@]1(CC(=O)O)CCCc2c1[nH]c1ccccc21. The van der Waals surface area contributed by atoms with E-state index in [1.165, 1.54) is 16.6 Å². The average Bonchev–Trinajstić information content (AvgIpc) is 2.78. The maximum absolute atomic E-state index is 11.2. The average molecular weight is 257 g/mol. The standard InChI is InChI=1S/C16H19NO2/c1-2-16(10-14(18)19)9-5-7-12-11-6-3-4-8-13(11)17-15(12)16/h3-4,6,8,17H,2,5,7,9-10H2,1H3,(H,18,19)/t16-/m0/s1. The van der Waals surface area contributed by atoms with E-state index in [1.54, 1.807) is 0 Å². The molecular formula is C16H19NO2. The van der Waals surface area contributed by atoms with E-state index in [4.69, 9.17) is 0 Å². The van der Waals surface area contributed by atoms with E-state index in [-0.39, 0.29) is 11.8 Å². The normalized spacial score (nSPS) is 22.4. The number of H-pyrrole nitrogens is 1. The molecule has 1 aliphatic carbocycles. The maximum Gasteiger partial charge on any atom is 0.304 e. The van der Waals surface area contributed by atoms with Gasteiger partial charge < -0.3 is 10.1 Å². The minimum Gasteiger partial charge on any atom is -0.481 e. The molecule has 100 valence electrons. The minimum atomic E-state index is -0.701. The van der Waals surface area contributed by atoms with E-state index in [0.717, 1.165) is 31.2 Å². The number of carboxylic acid groups (broad SMARTS) is 1. The second kappa shape index (κ2) is 4.41. The van der Waals surface area contributed by atoms with Gasteiger partial charge in [0.05, 0.1) is 6.42 Å². The molecule has 3 heteroatoms. The number of rotatable bonds is 3. The summed E-state index contributed by atoms with van der Waals surface area (Å²) < 4.78 is 0. The first-order chi connectivity index (χ1) is 9.16. The largest absolute Gasteiger partial charge is 0.481 e. The summed E-state index contributed by atoms with van der Waals surface area (Å²) >= 11 is 0. The Bertz CT molecular complexity index is 629. The van der Waals surface area contributed by atoms with Crippen LogP contribution < -0.4 is 0 Å². The van der Waals surface area contributed by atoms with Gasteiger partial charge in [-0.3, -0.25) is 4.79 Å². The van der Waals surface area contributed by atoms with E-state index < -0.39 is 5.97 Å². The molecule has 19 heavy (non-hydrogen) atoms. The molecule has 2 aromatic rings. The van der Waals surface area contributed by atoms with Crippen molar-refractivity contribution in [1.82, 2.24) is 4.98 Å². The summed E-state index contributed by atoms with van der Waals surface area (Å²) in [5.41, 5.74) is 3.44. The van der Waals surface area contributed by atoms with Crippen LogP contribution in [0.5, 0.6) is 0 Å². The van der Waals surface area contributed by atoms with Gasteiger partial charge in [0, 0.05) is 22.0 Å². The Balaban J connectivity index is 2.20. The molecule has 0 spiro atoms. The third-order valence-corrected chi connectivity index (χ3v) is 4.59. The van der Waals surface area contributed by atoms with Gasteiger partial charge in [-0.05, 0) is 37.3 Å². The molecule has 1 aromatic heterocycles. The summed E-state index contributed by atoms with van der Waals surface area (Å²) in [5.74, 6) is -0.701. The molecular weight excluding hydrogens is 238 g/mol. The molecule has 0 fully saturated rings. The summed E-state index contributed by atoms with van der Waals surface area (Å²) in [7, 11) is 0. The highest BCUT2D eigenvalue weighted by Crippen LogP contribution is 2.44. The Hall–Kier alpha value is -1.77. The fourth-order valence-electron chi connectivity index (χ4n) is 3.59. The first kappa shape index (κ1) is 12.3. The van der Waals surface area contributed by atoms with Gasteiger partial charge in [-0.25, -0.2) is 0 Å². The van der Waals surface area contributed by atoms with Gasteiger partial charge >= 0.3 is 5.97 Å². The molecule has 1 atom stereocenters. The van der Waals surface area contributed by atoms with Crippen molar-refractivity contribution in [2.45, 2.75) is 44.4 Å². The molecule has 0 bridgehead atoms. The second-order valence-corrected chi connectivity index (χ2v) is 5.58. The van der Waals surface area contributed by atoms with Crippen LogP contribution in [0.1, 0.15) is 43.9 Å². The van der Waals surface area contributed by atoms with Crippen molar-refractivity contribution in [2.75, 3.05) is 0 Å². The van der Waals surface area contributed by atoms with E-state index in [1.807, 2.05) is 6.07 Å². The number of para-hydroxylation sites is 1. The molecule has 0 saturated carbocycles. The smallest absolute Gasteiger partial charge is 0.304 e. The van der Waals surface area contributed by atoms with Gasteiger partial charge in [-0.15, -0.1) is 0 Å². The van der Waals surface area contributed by atoms with E-state index in [0.29, 0.717) is 0 Å². The Morgan fingerprint density at radius 1 is 1.42 bits per heavy atom. The lowest BCUT2D eigenvalue weighted by Crippen LogP contribution is -2.33. The fraction of sp³-hybridized carbons (Fsp3) is 0.438. The molecule has 0 radical (unpaired) electrons. The maximum atomic E-state index is 11.2. The van der Waals surface area contributed by atoms with Crippen molar-refractivity contribution >= 4 is 16.9 Å². The zero-order valence-corrected chi connectivity index (χ0v) is 11.2. The number of benzene rings is 1. The van der Waals surface area contributed by atoms with E-state index in [2.05, 4.69) is 30.1 Å². The van der Waals surface area contributed by atoms with Gasteiger partial charge in [0.2, 0.25) is 0 Å². The number of hydrogen-bond acceptors (Lipinski definition) is 1. The Morgan fingerprint density at radius 2 is 2.21 bits per heavy atom. The lowest BCUT2D eigenvalue weighted by molar-refractivity contribution is -0.138. The van der Waals surface area contributed by atoms with Crippen molar-refractivity contribution in [3.05, 3.63) is 35.5 Å². The predicted molar refractivity (Wildman–Crippen MR) is 75.5 cm³/mol. The minimum absolute atomic E-state index is 0.210. The summed E-state index contributed by atoms with van der Waals surface area (Å²) in [6.07, 6.45) is 4.20. The van der Waals surface area contributed by atoms with Crippen molar-refractivity contribution in [3.63, 3.8) is 0 Å². The molecule has 0 aliphatic heterocycles. The Labute approximate surface area is 112 Å². The van der Waals surface area contributed by atoms with E-state index >= 15 is 0 Å². The molecule has 0 amide bonds. The molecule has 0 unspecified atom stereocenters. The van der Waals surface area contributed by atoms with Gasteiger partial charge in [-0.1, -0.05) is 25.1 Å². The number of aromatic nitrogens is 1. The van der Waals surface area contributed by atoms with Crippen LogP contribution >= 0.6 is 0 Å². The monoisotopic (exact) mass is 257 g/mol. The topological polar surface area (TPSA) is 53.1 Å². The third kappa shape index (κ3) is 1.84. The van der Waals surface area contributed by atoms with Crippen molar-refractivity contribution in [1.29, 1.82) is 0 Å². The Morgan fingerprint density at radius 3 is 2.95 bits per heavy atom.